The largest absolute Gasteiger partial charge is 0.355 e. The zero-order chi connectivity index (χ0) is 22.5. The molecule has 0 bridgehead atoms. The van der Waals surface area contributed by atoms with E-state index >= 15 is 0 Å². The standard InChI is InChI=1S/C28H26N4O/c33-28(25-13-6-5-12-24(25)27-19-23-11-4-7-14-26(23)30-27)32(20-22-9-2-1-3-10-22)17-8-16-31-18-15-29-21-31/h1-7,9-15,18-19,21,30H,8,16-17,20H2. The molecule has 5 nitrogen and oxygen atoms in total. The van der Waals surface area contributed by atoms with Gasteiger partial charge in [-0.25, -0.2) is 4.98 Å². The van der Waals surface area contributed by atoms with Gasteiger partial charge >= 0.3 is 0 Å². The van der Waals surface area contributed by atoms with Crippen LogP contribution in [-0.2, 0) is 13.1 Å². The molecule has 0 aliphatic carbocycles. The molecule has 0 atom stereocenters. The maximum atomic E-state index is 13.8. The molecule has 0 spiro atoms. The fourth-order valence-corrected chi connectivity index (χ4v) is 4.21. The molecule has 0 aliphatic heterocycles. The second kappa shape index (κ2) is 9.57. The third-order valence-electron chi connectivity index (χ3n) is 5.88. The van der Waals surface area contributed by atoms with Crippen LogP contribution < -0.4 is 0 Å². The number of aryl methyl sites for hydroxylation is 1. The molecule has 164 valence electrons. The number of benzene rings is 3. The van der Waals surface area contributed by atoms with Gasteiger partial charge in [0.25, 0.3) is 5.91 Å². The maximum absolute atomic E-state index is 13.8. The summed E-state index contributed by atoms with van der Waals surface area (Å²) >= 11 is 0. The third-order valence-corrected chi connectivity index (χ3v) is 5.88. The molecule has 0 aliphatic rings. The summed E-state index contributed by atoms with van der Waals surface area (Å²) in [6.07, 6.45) is 6.40. The number of rotatable bonds is 8. The summed E-state index contributed by atoms with van der Waals surface area (Å²) in [4.78, 5) is 23.4. The first-order valence-corrected chi connectivity index (χ1v) is 11.2. The zero-order valence-corrected chi connectivity index (χ0v) is 18.4. The molecule has 3 aromatic carbocycles. The smallest absolute Gasteiger partial charge is 0.254 e. The Labute approximate surface area is 193 Å². The molecule has 2 heterocycles. The number of hydrogen-bond donors (Lipinski definition) is 1. The molecule has 0 radical (unpaired) electrons. The van der Waals surface area contributed by atoms with Crippen molar-refractivity contribution in [1.29, 1.82) is 0 Å². The molecule has 0 saturated carbocycles. The van der Waals surface area contributed by atoms with E-state index in [-0.39, 0.29) is 5.91 Å². The van der Waals surface area contributed by atoms with Crippen LogP contribution in [0.4, 0.5) is 0 Å². The van der Waals surface area contributed by atoms with E-state index in [9.17, 15) is 4.79 Å². The highest BCUT2D eigenvalue weighted by molar-refractivity contribution is 6.01. The van der Waals surface area contributed by atoms with Crippen LogP contribution in [0.25, 0.3) is 22.2 Å². The van der Waals surface area contributed by atoms with E-state index in [1.807, 2.05) is 76.6 Å². The van der Waals surface area contributed by atoms with Gasteiger partial charge in [0.05, 0.1) is 6.33 Å². The Morgan fingerprint density at radius 3 is 2.55 bits per heavy atom. The van der Waals surface area contributed by atoms with E-state index in [0.717, 1.165) is 40.7 Å². The number of aromatic amines is 1. The number of carbonyl (C=O) groups excluding carboxylic acids is 1. The first kappa shape index (κ1) is 20.8. The lowest BCUT2D eigenvalue weighted by Crippen LogP contribution is -2.32. The predicted molar refractivity (Wildman–Crippen MR) is 132 cm³/mol. The van der Waals surface area contributed by atoms with Gasteiger partial charge in [0.1, 0.15) is 0 Å². The van der Waals surface area contributed by atoms with E-state index in [2.05, 4.69) is 40.3 Å². The van der Waals surface area contributed by atoms with Gasteiger partial charge < -0.3 is 14.5 Å². The molecule has 1 amide bonds. The van der Waals surface area contributed by atoms with E-state index in [1.54, 1.807) is 6.20 Å². The number of imidazole rings is 1. The fourth-order valence-electron chi connectivity index (χ4n) is 4.21. The minimum Gasteiger partial charge on any atom is -0.355 e. The molecule has 0 unspecified atom stereocenters. The Bertz CT molecular complexity index is 1310. The van der Waals surface area contributed by atoms with E-state index in [1.165, 1.54) is 0 Å². The normalized spacial score (nSPS) is 11.0. The van der Waals surface area contributed by atoms with Gasteiger partial charge in [0, 0.05) is 59.8 Å². The van der Waals surface area contributed by atoms with Gasteiger partial charge in [-0.1, -0.05) is 66.7 Å². The molecule has 2 aromatic heterocycles. The summed E-state index contributed by atoms with van der Waals surface area (Å²) in [5.74, 6) is 0.0405. The van der Waals surface area contributed by atoms with Crippen molar-refractivity contribution in [2.24, 2.45) is 0 Å². The Kier molecular flexibility index (Phi) is 6.02. The molecule has 0 fully saturated rings. The lowest BCUT2D eigenvalue weighted by Gasteiger charge is -2.24. The fraction of sp³-hybridized carbons (Fsp3) is 0.143. The van der Waals surface area contributed by atoms with Gasteiger partial charge in [0.15, 0.2) is 0 Å². The molecular weight excluding hydrogens is 408 g/mol. The number of para-hydroxylation sites is 1. The molecule has 1 N–H and O–H groups in total. The SMILES string of the molecule is O=C(c1ccccc1-c1cc2ccccc2[nH]1)N(CCCn1ccnc1)Cc1ccccc1. The number of amides is 1. The van der Waals surface area contributed by atoms with E-state index < -0.39 is 0 Å². The highest BCUT2D eigenvalue weighted by atomic mass is 16.2. The van der Waals surface area contributed by atoms with Gasteiger partial charge in [-0.05, 0) is 30.2 Å². The number of nitrogens with one attached hydrogen (secondary N) is 1. The Hall–Kier alpha value is -4.12. The van der Waals surface area contributed by atoms with Crippen molar-refractivity contribution in [3.8, 4) is 11.3 Å². The molecular formula is C28H26N4O. The predicted octanol–water partition coefficient (Wildman–Crippen LogP) is 5.76. The monoisotopic (exact) mass is 434 g/mol. The van der Waals surface area contributed by atoms with Gasteiger partial charge in [-0.3, -0.25) is 4.79 Å². The molecule has 5 heteroatoms. The average molecular weight is 435 g/mol. The number of H-pyrrole nitrogens is 1. The molecule has 33 heavy (non-hydrogen) atoms. The third kappa shape index (κ3) is 4.72. The van der Waals surface area contributed by atoms with Crippen LogP contribution in [0, 0.1) is 0 Å². The summed E-state index contributed by atoms with van der Waals surface area (Å²) < 4.78 is 2.05. The number of hydrogen-bond acceptors (Lipinski definition) is 2. The van der Waals surface area contributed by atoms with E-state index in [4.69, 9.17) is 0 Å². The summed E-state index contributed by atoms with van der Waals surface area (Å²) in [7, 11) is 0. The topological polar surface area (TPSA) is 53.9 Å². The van der Waals surface area contributed by atoms with Gasteiger partial charge in [0.2, 0.25) is 0 Å². The number of aromatic nitrogens is 3. The first-order chi connectivity index (χ1) is 16.3. The summed E-state index contributed by atoms with van der Waals surface area (Å²) in [6.45, 7) is 2.06. The highest BCUT2D eigenvalue weighted by Gasteiger charge is 2.20. The van der Waals surface area contributed by atoms with Crippen LogP contribution in [0.1, 0.15) is 22.3 Å². The van der Waals surface area contributed by atoms with Crippen molar-refractivity contribution in [2.75, 3.05) is 6.54 Å². The lowest BCUT2D eigenvalue weighted by atomic mass is 10.0. The number of carbonyl (C=O) groups is 1. The van der Waals surface area contributed by atoms with Crippen molar-refractivity contribution in [2.45, 2.75) is 19.5 Å². The Balaban J connectivity index is 1.44. The van der Waals surface area contributed by atoms with Gasteiger partial charge in [-0.2, -0.15) is 0 Å². The van der Waals surface area contributed by atoms with Crippen LogP contribution in [0.5, 0.6) is 0 Å². The number of fused-ring (bicyclic) bond motifs is 1. The maximum Gasteiger partial charge on any atom is 0.254 e. The van der Waals surface area contributed by atoms with Crippen molar-refractivity contribution < 1.29 is 4.79 Å². The van der Waals surface area contributed by atoms with Crippen molar-refractivity contribution >= 4 is 16.8 Å². The van der Waals surface area contributed by atoms with Crippen LogP contribution in [-0.4, -0.2) is 31.9 Å². The van der Waals surface area contributed by atoms with Crippen molar-refractivity contribution in [1.82, 2.24) is 19.4 Å². The zero-order valence-electron chi connectivity index (χ0n) is 18.4. The molecule has 5 rings (SSSR count). The minimum atomic E-state index is 0.0405. The van der Waals surface area contributed by atoms with Gasteiger partial charge in [-0.15, -0.1) is 0 Å². The van der Waals surface area contributed by atoms with Crippen LogP contribution >= 0.6 is 0 Å². The van der Waals surface area contributed by atoms with Crippen LogP contribution in [0.3, 0.4) is 0 Å². The number of nitrogens with zero attached hydrogens (tertiary/aromatic N) is 3. The van der Waals surface area contributed by atoms with Crippen LogP contribution in [0.2, 0.25) is 0 Å². The minimum absolute atomic E-state index is 0.0405. The first-order valence-electron chi connectivity index (χ1n) is 11.2. The van der Waals surface area contributed by atoms with Crippen LogP contribution in [0.15, 0.2) is 104 Å². The molecule has 5 aromatic rings. The summed E-state index contributed by atoms with van der Waals surface area (Å²) in [6, 6.07) is 28.3. The molecule has 0 saturated heterocycles. The quantitative estimate of drug-likeness (QED) is 0.337. The van der Waals surface area contributed by atoms with Crippen molar-refractivity contribution in [3.63, 3.8) is 0 Å². The Morgan fingerprint density at radius 2 is 1.73 bits per heavy atom. The average Bonchev–Trinajstić information content (AvgIpc) is 3.53. The second-order valence-electron chi connectivity index (χ2n) is 8.18. The summed E-state index contributed by atoms with van der Waals surface area (Å²) in [5.41, 5.74) is 4.78. The Morgan fingerprint density at radius 1 is 0.939 bits per heavy atom. The van der Waals surface area contributed by atoms with E-state index in [0.29, 0.717) is 18.7 Å². The highest BCUT2D eigenvalue weighted by Crippen LogP contribution is 2.28. The lowest BCUT2D eigenvalue weighted by molar-refractivity contribution is 0.0740. The van der Waals surface area contributed by atoms with Crippen molar-refractivity contribution in [3.05, 3.63) is 115 Å². The second-order valence-corrected chi connectivity index (χ2v) is 8.18. The summed E-state index contributed by atoms with van der Waals surface area (Å²) in [5, 5.41) is 1.14.